The van der Waals surface area contributed by atoms with Crippen LogP contribution in [0.4, 0.5) is 42.1 Å². The SMILES string of the molecule is C=CC(=O)Nc1cc(C)ccc1Nc1nc(Nc2[nH]c(=O)ncc2C)ncc1C(F)(F)F. The van der Waals surface area contributed by atoms with Crippen molar-refractivity contribution in [1.29, 1.82) is 0 Å². The van der Waals surface area contributed by atoms with Crippen LogP contribution in [-0.4, -0.2) is 25.8 Å². The normalized spacial score (nSPS) is 11.0. The van der Waals surface area contributed by atoms with E-state index >= 15 is 0 Å². The van der Waals surface area contributed by atoms with Crippen molar-refractivity contribution in [2.45, 2.75) is 20.0 Å². The summed E-state index contributed by atoms with van der Waals surface area (Å²) in [4.78, 5) is 36.8. The van der Waals surface area contributed by atoms with Gasteiger partial charge < -0.3 is 16.0 Å². The summed E-state index contributed by atoms with van der Waals surface area (Å²) in [6.45, 7) is 6.76. The molecule has 0 aliphatic carbocycles. The van der Waals surface area contributed by atoms with Crippen molar-refractivity contribution in [2.75, 3.05) is 16.0 Å². The summed E-state index contributed by atoms with van der Waals surface area (Å²) in [6, 6.07) is 4.75. The molecule has 1 amide bonds. The largest absolute Gasteiger partial charge is 0.421 e. The van der Waals surface area contributed by atoms with Gasteiger partial charge in [0.25, 0.3) is 0 Å². The number of rotatable bonds is 6. The lowest BCUT2D eigenvalue weighted by Crippen LogP contribution is -2.16. The number of halogens is 3. The Morgan fingerprint density at radius 2 is 1.88 bits per heavy atom. The number of nitrogens with one attached hydrogen (secondary N) is 4. The maximum atomic E-state index is 13.6. The standard InChI is InChI=1S/C20H18F3N7O2/c1-4-15(31)26-14-7-10(2)5-6-13(14)27-17-12(20(21,22)23)9-24-18(29-17)28-16-11(3)8-25-19(32)30-16/h4-9H,1H2,2-3H3,(H,26,31)(H3,24,25,27,28,29,30,32). The van der Waals surface area contributed by atoms with Crippen molar-refractivity contribution in [3.8, 4) is 0 Å². The van der Waals surface area contributed by atoms with Gasteiger partial charge in [0.2, 0.25) is 11.9 Å². The second kappa shape index (κ2) is 8.88. The molecular formula is C20H18F3N7O2. The van der Waals surface area contributed by atoms with Gasteiger partial charge in [-0.05, 0) is 37.6 Å². The van der Waals surface area contributed by atoms with Crippen LogP contribution in [0.3, 0.4) is 0 Å². The third-order valence-electron chi connectivity index (χ3n) is 4.20. The minimum atomic E-state index is -4.75. The molecule has 2 aromatic heterocycles. The first-order valence-corrected chi connectivity index (χ1v) is 9.15. The van der Waals surface area contributed by atoms with E-state index in [0.717, 1.165) is 11.6 Å². The number of amides is 1. The first-order valence-electron chi connectivity index (χ1n) is 9.15. The first kappa shape index (κ1) is 22.5. The van der Waals surface area contributed by atoms with E-state index in [0.29, 0.717) is 11.8 Å². The second-order valence-electron chi connectivity index (χ2n) is 6.69. The van der Waals surface area contributed by atoms with Crippen LogP contribution in [0, 0.1) is 13.8 Å². The molecule has 0 radical (unpaired) electrons. The summed E-state index contributed by atoms with van der Waals surface area (Å²) < 4.78 is 40.7. The number of hydrogen-bond acceptors (Lipinski definition) is 7. The summed E-state index contributed by atoms with van der Waals surface area (Å²) in [7, 11) is 0. The number of carbonyl (C=O) groups is 1. The summed E-state index contributed by atoms with van der Waals surface area (Å²) in [6.07, 6.45) is -1.80. The van der Waals surface area contributed by atoms with Gasteiger partial charge in [-0.3, -0.25) is 9.78 Å². The number of hydrogen-bond donors (Lipinski definition) is 4. The van der Waals surface area contributed by atoms with E-state index in [2.05, 4.69) is 42.5 Å². The highest BCUT2D eigenvalue weighted by Crippen LogP contribution is 2.36. The van der Waals surface area contributed by atoms with Crippen LogP contribution in [0.5, 0.6) is 0 Å². The van der Waals surface area contributed by atoms with E-state index in [4.69, 9.17) is 0 Å². The molecule has 0 aliphatic rings. The molecule has 4 N–H and O–H groups in total. The van der Waals surface area contributed by atoms with Crippen LogP contribution >= 0.6 is 0 Å². The molecule has 0 aliphatic heterocycles. The predicted molar refractivity (Wildman–Crippen MR) is 113 cm³/mol. The lowest BCUT2D eigenvalue weighted by Gasteiger charge is -2.17. The Morgan fingerprint density at radius 3 is 2.56 bits per heavy atom. The molecule has 0 saturated carbocycles. The van der Waals surface area contributed by atoms with E-state index in [1.807, 2.05) is 0 Å². The number of H-pyrrole nitrogens is 1. The monoisotopic (exact) mass is 445 g/mol. The minimum Gasteiger partial charge on any atom is -0.338 e. The van der Waals surface area contributed by atoms with Gasteiger partial charge in [0.1, 0.15) is 17.2 Å². The van der Waals surface area contributed by atoms with E-state index in [1.54, 1.807) is 26.0 Å². The maximum Gasteiger partial charge on any atom is 0.421 e. The molecule has 0 atom stereocenters. The molecule has 0 spiro atoms. The average molecular weight is 445 g/mol. The Kier molecular flexibility index (Phi) is 6.23. The van der Waals surface area contributed by atoms with Crippen LogP contribution in [0.1, 0.15) is 16.7 Å². The van der Waals surface area contributed by atoms with Crippen LogP contribution in [0.2, 0.25) is 0 Å². The number of benzene rings is 1. The molecule has 3 aromatic rings. The van der Waals surface area contributed by atoms with Gasteiger partial charge in [-0.1, -0.05) is 12.6 Å². The molecule has 32 heavy (non-hydrogen) atoms. The molecule has 0 unspecified atom stereocenters. The van der Waals surface area contributed by atoms with Crippen molar-refractivity contribution in [3.05, 3.63) is 70.4 Å². The van der Waals surface area contributed by atoms with Crippen LogP contribution in [0.25, 0.3) is 0 Å². The zero-order chi connectivity index (χ0) is 23.5. The topological polar surface area (TPSA) is 125 Å². The number of anilines is 5. The van der Waals surface area contributed by atoms with Crippen LogP contribution in [0.15, 0.2) is 48.0 Å². The van der Waals surface area contributed by atoms with E-state index < -0.39 is 29.2 Å². The molecule has 0 saturated heterocycles. The fourth-order valence-corrected chi connectivity index (χ4v) is 2.63. The highest BCUT2D eigenvalue weighted by atomic mass is 19.4. The van der Waals surface area contributed by atoms with Crippen LogP contribution in [-0.2, 0) is 11.0 Å². The van der Waals surface area contributed by atoms with Gasteiger partial charge in [0.15, 0.2) is 0 Å². The van der Waals surface area contributed by atoms with Crippen molar-refractivity contribution in [1.82, 2.24) is 19.9 Å². The molecule has 12 heteroatoms. The smallest absolute Gasteiger partial charge is 0.338 e. The second-order valence-corrected chi connectivity index (χ2v) is 6.69. The summed E-state index contributed by atoms with van der Waals surface area (Å²) in [5.41, 5.74) is -0.0567. The summed E-state index contributed by atoms with van der Waals surface area (Å²) in [5.74, 6) is -1.10. The van der Waals surface area contributed by atoms with Crippen molar-refractivity contribution in [3.63, 3.8) is 0 Å². The number of nitrogens with zero attached hydrogens (tertiary/aromatic N) is 3. The number of alkyl halides is 3. The molecule has 0 bridgehead atoms. The molecule has 3 rings (SSSR count). The summed E-state index contributed by atoms with van der Waals surface area (Å²) in [5, 5.41) is 7.83. The third kappa shape index (κ3) is 5.28. The van der Waals surface area contributed by atoms with Gasteiger partial charge in [-0.2, -0.15) is 18.2 Å². The molecule has 0 fully saturated rings. The molecule has 166 valence electrons. The molecule has 2 heterocycles. The summed E-state index contributed by atoms with van der Waals surface area (Å²) >= 11 is 0. The van der Waals surface area contributed by atoms with Gasteiger partial charge >= 0.3 is 11.9 Å². The number of carbonyl (C=O) groups excluding carboxylic acids is 1. The van der Waals surface area contributed by atoms with Gasteiger partial charge in [-0.25, -0.2) is 14.8 Å². The van der Waals surface area contributed by atoms with Crippen LogP contribution < -0.4 is 21.6 Å². The van der Waals surface area contributed by atoms with Crippen molar-refractivity contribution < 1.29 is 18.0 Å². The minimum absolute atomic E-state index is 0.175. The number of aromatic nitrogens is 4. The van der Waals surface area contributed by atoms with Gasteiger partial charge in [-0.15, -0.1) is 0 Å². The Labute approximate surface area is 179 Å². The third-order valence-corrected chi connectivity index (χ3v) is 4.20. The fourth-order valence-electron chi connectivity index (χ4n) is 2.63. The van der Waals surface area contributed by atoms with Gasteiger partial charge in [0, 0.05) is 18.0 Å². The lowest BCUT2D eigenvalue weighted by atomic mass is 10.1. The highest BCUT2D eigenvalue weighted by molar-refractivity contribution is 6.01. The van der Waals surface area contributed by atoms with Crippen molar-refractivity contribution >= 4 is 34.9 Å². The lowest BCUT2D eigenvalue weighted by molar-refractivity contribution is -0.137. The Balaban J connectivity index is 2.04. The fraction of sp³-hybridized carbons (Fsp3) is 0.150. The maximum absolute atomic E-state index is 13.6. The molecule has 9 nitrogen and oxygen atoms in total. The Hall–Kier alpha value is -4.22. The van der Waals surface area contributed by atoms with E-state index in [-0.39, 0.29) is 23.1 Å². The zero-order valence-electron chi connectivity index (χ0n) is 17.0. The van der Waals surface area contributed by atoms with E-state index in [1.165, 1.54) is 12.3 Å². The first-order chi connectivity index (χ1) is 15.1. The Bertz CT molecular complexity index is 1240. The highest BCUT2D eigenvalue weighted by Gasteiger charge is 2.35. The Morgan fingerprint density at radius 1 is 1.12 bits per heavy atom. The van der Waals surface area contributed by atoms with Gasteiger partial charge in [0.05, 0.1) is 11.4 Å². The predicted octanol–water partition coefficient (Wildman–Crippen LogP) is 3.81. The quantitative estimate of drug-likeness (QED) is 0.425. The number of aromatic amines is 1. The van der Waals surface area contributed by atoms with E-state index in [9.17, 15) is 22.8 Å². The average Bonchev–Trinajstić information content (AvgIpc) is 2.72. The number of aryl methyl sites for hydroxylation is 2. The zero-order valence-corrected chi connectivity index (χ0v) is 17.0. The molecular weight excluding hydrogens is 427 g/mol. The molecule has 1 aromatic carbocycles. The van der Waals surface area contributed by atoms with Crippen molar-refractivity contribution in [2.24, 2.45) is 0 Å².